The number of nitrogens with one attached hydrogen (secondary N) is 1. The highest BCUT2D eigenvalue weighted by molar-refractivity contribution is 6.02. The monoisotopic (exact) mass is 221 g/mol. The number of esters is 1. The summed E-state index contributed by atoms with van der Waals surface area (Å²) in [6, 6.07) is 4.11. The number of rotatable bonds is 2. The predicted molar refractivity (Wildman–Crippen MR) is 54.1 cm³/mol. The summed E-state index contributed by atoms with van der Waals surface area (Å²) in [5.41, 5.74) is 0.492. The molecule has 0 spiro atoms. The molecule has 0 saturated carbocycles. The molecule has 0 fully saturated rings. The van der Waals surface area contributed by atoms with Crippen molar-refractivity contribution in [2.24, 2.45) is 0 Å². The number of carbonyl (C=O) groups is 1. The molecule has 0 radical (unpaired) electrons. The van der Waals surface area contributed by atoms with Gasteiger partial charge in [-0.25, -0.2) is 4.79 Å². The number of H-pyrrole nitrogens is 1. The van der Waals surface area contributed by atoms with Gasteiger partial charge in [-0.1, -0.05) is 0 Å². The zero-order valence-electron chi connectivity index (χ0n) is 8.26. The number of aromatic nitrogens is 2. The molecule has 0 amide bonds. The Bertz CT molecular complexity index is 575. The van der Waals surface area contributed by atoms with Crippen LogP contribution in [-0.2, 0) is 4.74 Å². The highest BCUT2D eigenvalue weighted by Gasteiger charge is 2.17. The van der Waals surface area contributed by atoms with Gasteiger partial charge in [-0.15, -0.1) is 0 Å². The summed E-state index contributed by atoms with van der Waals surface area (Å²) >= 11 is 0. The second-order valence-electron chi connectivity index (χ2n) is 3.05. The quantitative estimate of drug-likeness (QED) is 0.467. The molecule has 7 heteroatoms. The van der Waals surface area contributed by atoms with Crippen LogP contribution in [0.5, 0.6) is 0 Å². The van der Waals surface area contributed by atoms with Gasteiger partial charge in [-0.3, -0.25) is 15.2 Å². The van der Waals surface area contributed by atoms with E-state index in [4.69, 9.17) is 0 Å². The number of nitrogens with zero attached hydrogens (tertiary/aromatic N) is 2. The van der Waals surface area contributed by atoms with Crippen LogP contribution in [-0.4, -0.2) is 28.2 Å². The van der Waals surface area contributed by atoms with Crippen LogP contribution in [0.15, 0.2) is 18.2 Å². The van der Waals surface area contributed by atoms with E-state index >= 15 is 0 Å². The summed E-state index contributed by atoms with van der Waals surface area (Å²) in [6.45, 7) is 0. The first-order valence-corrected chi connectivity index (χ1v) is 4.34. The fourth-order valence-electron chi connectivity index (χ4n) is 1.37. The highest BCUT2D eigenvalue weighted by atomic mass is 16.6. The van der Waals surface area contributed by atoms with E-state index in [0.29, 0.717) is 10.9 Å². The van der Waals surface area contributed by atoms with Crippen LogP contribution in [0.1, 0.15) is 10.5 Å². The van der Waals surface area contributed by atoms with Gasteiger partial charge in [0.1, 0.15) is 0 Å². The number of nitro benzene ring substituents is 1. The molecule has 7 nitrogen and oxygen atoms in total. The molecule has 0 aliphatic heterocycles. The van der Waals surface area contributed by atoms with Crippen LogP contribution in [0.25, 0.3) is 10.9 Å². The smallest absolute Gasteiger partial charge is 0.359 e. The molecule has 0 aliphatic rings. The van der Waals surface area contributed by atoms with Crippen molar-refractivity contribution in [2.75, 3.05) is 7.11 Å². The second kappa shape index (κ2) is 3.61. The van der Waals surface area contributed by atoms with Crippen molar-refractivity contribution in [3.63, 3.8) is 0 Å². The van der Waals surface area contributed by atoms with Crippen molar-refractivity contribution in [3.05, 3.63) is 34.0 Å². The van der Waals surface area contributed by atoms with Crippen molar-refractivity contribution in [1.29, 1.82) is 0 Å². The third-order valence-corrected chi connectivity index (χ3v) is 2.14. The van der Waals surface area contributed by atoms with E-state index in [0.717, 1.165) is 0 Å². The minimum atomic E-state index is -0.633. The van der Waals surface area contributed by atoms with E-state index in [1.54, 1.807) is 0 Å². The predicted octanol–water partition coefficient (Wildman–Crippen LogP) is 1.26. The zero-order chi connectivity index (χ0) is 11.7. The first-order valence-electron chi connectivity index (χ1n) is 4.34. The number of carbonyl (C=O) groups excluding carboxylic acids is 1. The molecular weight excluding hydrogens is 214 g/mol. The van der Waals surface area contributed by atoms with Crippen LogP contribution in [0.3, 0.4) is 0 Å². The first kappa shape index (κ1) is 10.1. The summed E-state index contributed by atoms with van der Waals surface area (Å²) in [4.78, 5) is 21.3. The van der Waals surface area contributed by atoms with E-state index in [9.17, 15) is 14.9 Å². The largest absolute Gasteiger partial charge is 0.464 e. The topological polar surface area (TPSA) is 98.1 Å². The summed E-state index contributed by atoms with van der Waals surface area (Å²) < 4.78 is 4.51. The van der Waals surface area contributed by atoms with E-state index in [1.807, 2.05) is 0 Å². The minimum Gasteiger partial charge on any atom is -0.464 e. The maximum Gasteiger partial charge on any atom is 0.359 e. The normalized spacial score (nSPS) is 10.3. The molecule has 0 unspecified atom stereocenters. The van der Waals surface area contributed by atoms with Gasteiger partial charge in [0, 0.05) is 17.5 Å². The van der Waals surface area contributed by atoms with Crippen molar-refractivity contribution in [3.8, 4) is 0 Å². The van der Waals surface area contributed by atoms with Crippen molar-refractivity contribution in [1.82, 2.24) is 10.2 Å². The SMILES string of the molecule is COC(=O)c1n[nH]c2ccc([N+](=O)[O-])cc12. The lowest BCUT2D eigenvalue weighted by molar-refractivity contribution is -0.384. The molecule has 16 heavy (non-hydrogen) atoms. The number of hydrogen-bond donors (Lipinski definition) is 1. The van der Waals surface area contributed by atoms with Gasteiger partial charge in [-0.05, 0) is 6.07 Å². The van der Waals surface area contributed by atoms with E-state index in [1.165, 1.54) is 25.3 Å². The Morgan fingerprint density at radius 2 is 2.31 bits per heavy atom. The third kappa shape index (κ3) is 1.48. The fourth-order valence-corrected chi connectivity index (χ4v) is 1.37. The average molecular weight is 221 g/mol. The van der Waals surface area contributed by atoms with E-state index in [-0.39, 0.29) is 11.4 Å². The van der Waals surface area contributed by atoms with Gasteiger partial charge in [0.05, 0.1) is 17.5 Å². The lowest BCUT2D eigenvalue weighted by Crippen LogP contribution is -2.02. The summed E-state index contributed by atoms with van der Waals surface area (Å²) in [5, 5.41) is 17.3. The number of non-ortho nitro benzene ring substituents is 1. The first-order chi connectivity index (χ1) is 7.63. The number of ether oxygens (including phenoxy) is 1. The van der Waals surface area contributed by atoms with Gasteiger partial charge in [0.15, 0.2) is 5.69 Å². The fraction of sp³-hybridized carbons (Fsp3) is 0.111. The molecule has 82 valence electrons. The van der Waals surface area contributed by atoms with Gasteiger partial charge in [-0.2, -0.15) is 5.10 Å². The number of methoxy groups -OCH3 is 1. The maximum absolute atomic E-state index is 11.3. The van der Waals surface area contributed by atoms with Crippen LogP contribution < -0.4 is 0 Å². The molecule has 1 N–H and O–H groups in total. The molecule has 1 aromatic carbocycles. The highest BCUT2D eigenvalue weighted by Crippen LogP contribution is 2.22. The van der Waals surface area contributed by atoms with Crippen molar-refractivity contribution in [2.45, 2.75) is 0 Å². The molecule has 0 atom stereocenters. The maximum atomic E-state index is 11.3. The molecule has 0 bridgehead atoms. The number of fused-ring (bicyclic) bond motifs is 1. The van der Waals surface area contributed by atoms with Crippen LogP contribution in [0.2, 0.25) is 0 Å². The van der Waals surface area contributed by atoms with Crippen LogP contribution in [0.4, 0.5) is 5.69 Å². The van der Waals surface area contributed by atoms with Crippen LogP contribution in [0, 0.1) is 10.1 Å². The van der Waals surface area contributed by atoms with Gasteiger partial charge >= 0.3 is 5.97 Å². The molecule has 1 heterocycles. The number of hydrogen-bond acceptors (Lipinski definition) is 5. The Hall–Kier alpha value is -2.44. The molecule has 2 rings (SSSR count). The summed E-state index contributed by atoms with van der Waals surface area (Å²) in [6.07, 6.45) is 0. The second-order valence-corrected chi connectivity index (χ2v) is 3.05. The Labute approximate surface area is 89.2 Å². The van der Waals surface area contributed by atoms with Crippen molar-refractivity contribution >= 4 is 22.6 Å². The lowest BCUT2D eigenvalue weighted by atomic mass is 10.2. The van der Waals surface area contributed by atoms with E-state index < -0.39 is 10.9 Å². The molecule has 0 saturated heterocycles. The standard InChI is InChI=1S/C9H7N3O4/c1-16-9(13)8-6-4-5(12(14)15)2-3-7(6)10-11-8/h2-4H,1H3,(H,10,11). The Morgan fingerprint density at radius 1 is 1.56 bits per heavy atom. The summed E-state index contributed by atoms with van der Waals surface area (Å²) in [7, 11) is 1.22. The Morgan fingerprint density at radius 3 is 2.94 bits per heavy atom. The molecule has 2 aromatic rings. The van der Waals surface area contributed by atoms with Crippen molar-refractivity contribution < 1.29 is 14.5 Å². The van der Waals surface area contributed by atoms with Gasteiger partial charge in [0.25, 0.3) is 5.69 Å². The number of nitro groups is 1. The van der Waals surface area contributed by atoms with Crippen LogP contribution >= 0.6 is 0 Å². The lowest BCUT2D eigenvalue weighted by Gasteiger charge is -1.95. The number of aromatic amines is 1. The number of benzene rings is 1. The Kier molecular flexibility index (Phi) is 2.28. The molecular formula is C9H7N3O4. The zero-order valence-corrected chi connectivity index (χ0v) is 8.26. The minimum absolute atomic E-state index is 0.0428. The molecule has 0 aliphatic carbocycles. The summed E-state index contributed by atoms with van der Waals surface area (Å²) in [5.74, 6) is -0.633. The van der Waals surface area contributed by atoms with Gasteiger partial charge < -0.3 is 4.74 Å². The Balaban J connectivity index is 2.64. The third-order valence-electron chi connectivity index (χ3n) is 2.14. The van der Waals surface area contributed by atoms with Gasteiger partial charge in [0.2, 0.25) is 0 Å². The molecule has 1 aromatic heterocycles. The van der Waals surface area contributed by atoms with E-state index in [2.05, 4.69) is 14.9 Å². The average Bonchev–Trinajstić information content (AvgIpc) is 2.70.